The minimum Gasteiger partial charge on any atom is -0.489 e. The molecule has 0 aliphatic carbocycles. The number of nitrogens with zero attached hydrogens (tertiary/aromatic N) is 2. The molecule has 28 heavy (non-hydrogen) atoms. The zero-order chi connectivity index (χ0) is 20.0. The van der Waals surface area contributed by atoms with Crippen molar-refractivity contribution in [1.82, 2.24) is 9.29 Å². The summed E-state index contributed by atoms with van der Waals surface area (Å²) in [5.74, 6) is 1.03. The molecule has 8 heteroatoms. The van der Waals surface area contributed by atoms with Gasteiger partial charge in [0.1, 0.15) is 18.2 Å². The molecule has 0 aliphatic rings. The number of pyridine rings is 1. The Morgan fingerprint density at radius 2 is 1.61 bits per heavy atom. The van der Waals surface area contributed by atoms with E-state index in [1.54, 1.807) is 18.3 Å². The zero-order valence-electron chi connectivity index (χ0n) is 15.7. The van der Waals surface area contributed by atoms with Gasteiger partial charge in [-0.05, 0) is 42.0 Å². The summed E-state index contributed by atoms with van der Waals surface area (Å²) in [5.41, 5.74) is 2.72. The van der Waals surface area contributed by atoms with E-state index in [1.165, 1.54) is 14.1 Å². The normalized spacial score (nSPS) is 11.2. The minimum absolute atomic E-state index is 0.254. The molecule has 0 radical (unpaired) electrons. The molecule has 3 aromatic rings. The van der Waals surface area contributed by atoms with E-state index in [-0.39, 0.29) is 5.82 Å². The van der Waals surface area contributed by atoms with Crippen molar-refractivity contribution < 1.29 is 13.2 Å². The van der Waals surface area contributed by atoms with Crippen molar-refractivity contribution in [3.8, 4) is 5.75 Å². The summed E-state index contributed by atoms with van der Waals surface area (Å²) in [6, 6.07) is 20.9. The molecule has 2 aromatic carbocycles. The highest BCUT2D eigenvalue weighted by molar-refractivity contribution is 7.90. The second kappa shape index (κ2) is 8.73. The number of rotatable bonds is 8. The van der Waals surface area contributed by atoms with Crippen LogP contribution in [0.4, 0.5) is 17.2 Å². The molecule has 0 saturated heterocycles. The molecule has 1 aromatic heterocycles. The van der Waals surface area contributed by atoms with E-state index >= 15 is 0 Å². The van der Waals surface area contributed by atoms with Crippen molar-refractivity contribution in [2.75, 3.05) is 24.1 Å². The molecule has 0 unspecified atom stereocenters. The monoisotopic (exact) mass is 398 g/mol. The Morgan fingerprint density at radius 1 is 0.929 bits per heavy atom. The van der Waals surface area contributed by atoms with Crippen molar-refractivity contribution in [1.29, 1.82) is 0 Å². The van der Waals surface area contributed by atoms with Crippen LogP contribution in [0.15, 0.2) is 72.9 Å². The molecule has 0 atom stereocenters. The molecule has 2 N–H and O–H groups in total. The second-order valence-electron chi connectivity index (χ2n) is 6.25. The van der Waals surface area contributed by atoms with Gasteiger partial charge in [0.2, 0.25) is 0 Å². The van der Waals surface area contributed by atoms with Gasteiger partial charge in [0.25, 0.3) is 0 Å². The lowest BCUT2D eigenvalue weighted by Gasteiger charge is -2.13. The SMILES string of the molecule is CN(C)S(=O)(=O)Nc1ccc(Nc2ccc(OCc3ccccc3)cc2)cn1. The van der Waals surface area contributed by atoms with Gasteiger partial charge < -0.3 is 10.1 Å². The van der Waals surface area contributed by atoms with Gasteiger partial charge in [-0.3, -0.25) is 4.72 Å². The highest BCUT2D eigenvalue weighted by Crippen LogP contribution is 2.21. The summed E-state index contributed by atoms with van der Waals surface area (Å²) in [6.07, 6.45) is 1.56. The number of aromatic nitrogens is 1. The van der Waals surface area contributed by atoms with Crippen molar-refractivity contribution in [3.63, 3.8) is 0 Å². The van der Waals surface area contributed by atoms with Gasteiger partial charge >= 0.3 is 10.2 Å². The molecule has 1 heterocycles. The molecule has 0 bridgehead atoms. The van der Waals surface area contributed by atoms with Gasteiger partial charge in [0.05, 0.1) is 11.9 Å². The van der Waals surface area contributed by atoms with Gasteiger partial charge in [-0.1, -0.05) is 30.3 Å². The molecular formula is C20H22N4O3S. The quantitative estimate of drug-likeness (QED) is 0.605. The topological polar surface area (TPSA) is 83.6 Å². The van der Waals surface area contributed by atoms with Crippen LogP contribution in [0.1, 0.15) is 5.56 Å². The Morgan fingerprint density at radius 3 is 2.21 bits per heavy atom. The first kappa shape index (κ1) is 19.7. The fourth-order valence-corrected chi connectivity index (χ4v) is 2.86. The maximum atomic E-state index is 11.8. The summed E-state index contributed by atoms with van der Waals surface area (Å²) in [7, 11) is -0.667. The third-order valence-electron chi connectivity index (χ3n) is 3.87. The zero-order valence-corrected chi connectivity index (χ0v) is 16.5. The summed E-state index contributed by atoms with van der Waals surface area (Å²) in [6.45, 7) is 0.516. The summed E-state index contributed by atoms with van der Waals surface area (Å²) >= 11 is 0. The van der Waals surface area contributed by atoms with Gasteiger partial charge in [0.15, 0.2) is 0 Å². The van der Waals surface area contributed by atoms with E-state index in [2.05, 4.69) is 15.0 Å². The lowest BCUT2D eigenvalue weighted by Crippen LogP contribution is -2.29. The number of benzene rings is 2. The highest BCUT2D eigenvalue weighted by Gasteiger charge is 2.13. The average Bonchev–Trinajstić information content (AvgIpc) is 2.69. The van der Waals surface area contributed by atoms with Gasteiger partial charge in [0, 0.05) is 19.8 Å². The van der Waals surface area contributed by atoms with E-state index in [4.69, 9.17) is 4.74 Å². The van der Waals surface area contributed by atoms with E-state index in [9.17, 15) is 8.42 Å². The minimum atomic E-state index is -3.57. The van der Waals surface area contributed by atoms with Crippen LogP contribution < -0.4 is 14.8 Å². The lowest BCUT2D eigenvalue weighted by atomic mass is 10.2. The van der Waals surface area contributed by atoms with Crippen LogP contribution in [0.5, 0.6) is 5.75 Å². The molecule has 0 amide bonds. The molecule has 0 fully saturated rings. The number of ether oxygens (including phenoxy) is 1. The Labute approximate surface area is 165 Å². The van der Waals surface area contributed by atoms with E-state index in [0.29, 0.717) is 6.61 Å². The highest BCUT2D eigenvalue weighted by atomic mass is 32.2. The Balaban J connectivity index is 1.56. The molecule has 0 saturated carbocycles. The first-order valence-corrected chi connectivity index (χ1v) is 10.1. The predicted octanol–water partition coefficient (Wildman–Crippen LogP) is 3.62. The number of hydrogen-bond acceptors (Lipinski definition) is 5. The number of hydrogen-bond donors (Lipinski definition) is 2. The number of nitrogens with one attached hydrogen (secondary N) is 2. The summed E-state index contributed by atoms with van der Waals surface area (Å²) < 4.78 is 32.8. The van der Waals surface area contributed by atoms with Crippen LogP contribution in [0, 0.1) is 0 Å². The smallest absolute Gasteiger partial charge is 0.302 e. The Kier molecular flexibility index (Phi) is 6.13. The van der Waals surface area contributed by atoms with Crippen LogP contribution >= 0.6 is 0 Å². The molecule has 0 spiro atoms. The molecule has 146 valence electrons. The second-order valence-corrected chi connectivity index (χ2v) is 8.13. The first-order chi connectivity index (χ1) is 13.4. The molecular weight excluding hydrogens is 376 g/mol. The van der Waals surface area contributed by atoms with Crippen molar-refractivity contribution >= 4 is 27.4 Å². The molecule has 7 nitrogen and oxygen atoms in total. The summed E-state index contributed by atoms with van der Waals surface area (Å²) in [4.78, 5) is 4.12. The fraction of sp³-hybridized carbons (Fsp3) is 0.150. The largest absolute Gasteiger partial charge is 0.489 e. The third kappa shape index (κ3) is 5.45. The van der Waals surface area contributed by atoms with Gasteiger partial charge in [-0.25, -0.2) is 4.98 Å². The molecule has 0 aliphatic heterocycles. The Bertz CT molecular complexity index is 990. The number of anilines is 3. The van der Waals surface area contributed by atoms with E-state index in [0.717, 1.165) is 27.0 Å². The van der Waals surface area contributed by atoms with Crippen molar-refractivity contribution in [2.45, 2.75) is 6.61 Å². The third-order valence-corrected chi connectivity index (χ3v) is 5.30. The van der Waals surface area contributed by atoms with Crippen molar-refractivity contribution in [3.05, 3.63) is 78.5 Å². The predicted molar refractivity (Wildman–Crippen MR) is 111 cm³/mol. The average molecular weight is 398 g/mol. The van der Waals surface area contributed by atoms with Gasteiger partial charge in [-0.15, -0.1) is 0 Å². The standard InChI is InChI=1S/C20H22N4O3S/c1-24(2)28(25,26)23-20-13-10-18(14-21-20)22-17-8-11-19(12-9-17)27-15-16-6-4-3-5-7-16/h3-14,22H,15H2,1-2H3,(H,21,23). The Hall–Kier alpha value is -3.10. The van der Waals surface area contributed by atoms with Gasteiger partial charge in [-0.2, -0.15) is 12.7 Å². The van der Waals surface area contributed by atoms with E-state index < -0.39 is 10.2 Å². The van der Waals surface area contributed by atoms with Crippen molar-refractivity contribution in [2.24, 2.45) is 0 Å². The van der Waals surface area contributed by atoms with Crippen LogP contribution in [0.3, 0.4) is 0 Å². The molecule has 3 rings (SSSR count). The lowest BCUT2D eigenvalue weighted by molar-refractivity contribution is 0.306. The summed E-state index contributed by atoms with van der Waals surface area (Å²) in [5, 5.41) is 3.21. The maximum absolute atomic E-state index is 11.8. The maximum Gasteiger partial charge on any atom is 0.302 e. The first-order valence-electron chi connectivity index (χ1n) is 8.62. The van der Waals surface area contributed by atoms with Crippen LogP contribution in [0.2, 0.25) is 0 Å². The van der Waals surface area contributed by atoms with Crippen LogP contribution in [0.25, 0.3) is 0 Å². The van der Waals surface area contributed by atoms with E-state index in [1.807, 2.05) is 54.6 Å². The fourth-order valence-electron chi connectivity index (χ4n) is 2.29. The van der Waals surface area contributed by atoms with Crippen LogP contribution in [-0.4, -0.2) is 31.8 Å². The van der Waals surface area contributed by atoms with Crippen LogP contribution in [-0.2, 0) is 16.8 Å².